The summed E-state index contributed by atoms with van der Waals surface area (Å²) < 4.78 is 5.64. The molecule has 1 aromatic carbocycles. The van der Waals surface area contributed by atoms with Crippen LogP contribution >= 0.6 is 0 Å². The van der Waals surface area contributed by atoms with Gasteiger partial charge in [0.25, 0.3) is 0 Å². The van der Waals surface area contributed by atoms with Gasteiger partial charge in [0.15, 0.2) is 0 Å². The largest absolute Gasteiger partial charge is 0.398 e. The first-order valence-corrected chi connectivity index (χ1v) is 6.19. The number of anilines is 2. The summed E-state index contributed by atoms with van der Waals surface area (Å²) in [5.74, 6) is 0. The van der Waals surface area contributed by atoms with Crippen molar-refractivity contribution in [2.24, 2.45) is 0 Å². The van der Waals surface area contributed by atoms with E-state index < -0.39 is 0 Å². The van der Waals surface area contributed by atoms with Crippen molar-refractivity contribution in [3.63, 3.8) is 0 Å². The van der Waals surface area contributed by atoms with Crippen molar-refractivity contribution >= 4 is 23.7 Å². The lowest BCUT2D eigenvalue weighted by Crippen LogP contribution is -2.27. The molecule has 0 amide bonds. The molecule has 4 N–H and O–H groups in total. The summed E-state index contributed by atoms with van der Waals surface area (Å²) in [5.41, 5.74) is 8.95. The van der Waals surface area contributed by atoms with E-state index in [4.69, 9.17) is 15.9 Å². The zero-order valence-electron chi connectivity index (χ0n) is 10.4. The van der Waals surface area contributed by atoms with Crippen LogP contribution in [0, 0.1) is 5.41 Å². The molecular formula is C14H19N3O. The average Bonchev–Trinajstić information content (AvgIpc) is 2.41. The maximum atomic E-state index is 7.53. The van der Waals surface area contributed by atoms with E-state index in [9.17, 15) is 0 Å². The zero-order chi connectivity index (χ0) is 13.0. The Kier molecular flexibility index (Phi) is 3.99. The Morgan fingerprint density at radius 1 is 1.39 bits per heavy atom. The van der Waals surface area contributed by atoms with E-state index in [0.29, 0.717) is 5.69 Å². The van der Waals surface area contributed by atoms with Gasteiger partial charge in [-0.2, -0.15) is 0 Å². The molecule has 1 aliphatic rings. The van der Waals surface area contributed by atoms with Crippen LogP contribution in [0.3, 0.4) is 0 Å². The highest BCUT2D eigenvalue weighted by Crippen LogP contribution is 2.26. The molecule has 1 saturated heterocycles. The minimum absolute atomic E-state index is 0.0266. The van der Waals surface area contributed by atoms with Crippen LogP contribution in [0.1, 0.15) is 30.4 Å². The van der Waals surface area contributed by atoms with Gasteiger partial charge in [-0.15, -0.1) is 0 Å². The van der Waals surface area contributed by atoms with E-state index in [2.05, 4.69) is 11.9 Å². The topological polar surface area (TPSA) is 71.1 Å². The molecule has 1 fully saturated rings. The lowest BCUT2D eigenvalue weighted by molar-refractivity contribution is 0.0343. The molecule has 2 rings (SSSR count). The van der Waals surface area contributed by atoms with Crippen LogP contribution in [0.4, 0.5) is 11.4 Å². The Bertz CT molecular complexity index is 451. The van der Waals surface area contributed by atoms with Gasteiger partial charge in [-0.05, 0) is 31.4 Å². The molecule has 18 heavy (non-hydrogen) atoms. The van der Waals surface area contributed by atoms with E-state index in [1.54, 1.807) is 6.08 Å². The summed E-state index contributed by atoms with van der Waals surface area (Å²) in [6, 6.07) is 3.72. The minimum atomic E-state index is 0.0266. The number of hydrogen-bond donors (Lipinski definition) is 3. The van der Waals surface area contributed by atoms with Gasteiger partial charge < -0.3 is 21.2 Å². The highest BCUT2D eigenvalue weighted by Gasteiger charge is 2.16. The lowest BCUT2D eigenvalue weighted by atomic mass is 10.0. The fraction of sp³-hybridized carbons (Fsp3) is 0.357. The molecule has 0 spiro atoms. The Hall–Kier alpha value is -1.81. The number of ether oxygens (including phenoxy) is 1. The molecule has 0 aliphatic carbocycles. The van der Waals surface area contributed by atoms with Crippen molar-refractivity contribution in [2.75, 3.05) is 17.7 Å². The predicted octanol–water partition coefficient (Wildman–Crippen LogP) is 2.85. The van der Waals surface area contributed by atoms with Gasteiger partial charge in [0, 0.05) is 35.3 Å². The van der Waals surface area contributed by atoms with Gasteiger partial charge in [-0.25, -0.2) is 0 Å². The lowest BCUT2D eigenvalue weighted by Gasteiger charge is -2.25. The second-order valence-electron chi connectivity index (χ2n) is 4.38. The van der Waals surface area contributed by atoms with Crippen molar-refractivity contribution < 1.29 is 4.74 Å². The van der Waals surface area contributed by atoms with Crippen molar-refractivity contribution in [1.82, 2.24) is 0 Å². The first-order valence-electron chi connectivity index (χ1n) is 6.19. The van der Waals surface area contributed by atoms with E-state index in [-0.39, 0.29) is 6.23 Å². The molecule has 1 aromatic rings. The van der Waals surface area contributed by atoms with Crippen molar-refractivity contribution in [3.8, 4) is 0 Å². The molecule has 0 aromatic heterocycles. The third-order valence-electron chi connectivity index (χ3n) is 3.17. The first-order chi connectivity index (χ1) is 8.76. The molecule has 1 atom stereocenters. The van der Waals surface area contributed by atoms with Gasteiger partial charge in [0.2, 0.25) is 0 Å². The van der Waals surface area contributed by atoms with E-state index in [1.807, 2.05) is 12.1 Å². The molecule has 4 heteroatoms. The predicted molar refractivity (Wildman–Crippen MR) is 76.0 cm³/mol. The van der Waals surface area contributed by atoms with Crippen LogP contribution in [-0.4, -0.2) is 19.0 Å². The Morgan fingerprint density at radius 3 is 2.83 bits per heavy atom. The van der Waals surface area contributed by atoms with Gasteiger partial charge in [0.1, 0.15) is 6.23 Å². The van der Waals surface area contributed by atoms with Gasteiger partial charge in [-0.3, -0.25) is 0 Å². The molecule has 0 radical (unpaired) electrons. The van der Waals surface area contributed by atoms with E-state index >= 15 is 0 Å². The Labute approximate surface area is 107 Å². The van der Waals surface area contributed by atoms with Crippen LogP contribution in [0.5, 0.6) is 0 Å². The normalized spacial score (nSPS) is 19.2. The summed E-state index contributed by atoms with van der Waals surface area (Å²) >= 11 is 0. The molecule has 0 saturated carbocycles. The molecule has 1 aliphatic heterocycles. The first kappa shape index (κ1) is 12.6. The minimum Gasteiger partial charge on any atom is -0.398 e. The van der Waals surface area contributed by atoms with Crippen LogP contribution in [0.25, 0.3) is 6.08 Å². The fourth-order valence-corrected chi connectivity index (χ4v) is 2.19. The summed E-state index contributed by atoms with van der Waals surface area (Å²) in [6.07, 6.45) is 6.29. The molecular weight excluding hydrogens is 226 g/mol. The van der Waals surface area contributed by atoms with Crippen LogP contribution in [0.15, 0.2) is 18.7 Å². The number of nitrogens with one attached hydrogen (secondary N) is 2. The smallest absolute Gasteiger partial charge is 0.127 e. The molecule has 1 unspecified atom stereocenters. The maximum absolute atomic E-state index is 7.53. The Balaban J connectivity index is 2.26. The molecule has 4 nitrogen and oxygen atoms in total. The third-order valence-corrected chi connectivity index (χ3v) is 3.17. The highest BCUT2D eigenvalue weighted by molar-refractivity contribution is 5.94. The summed E-state index contributed by atoms with van der Waals surface area (Å²) in [7, 11) is 0. The number of hydrogen-bond acceptors (Lipinski definition) is 4. The molecule has 96 valence electrons. The van der Waals surface area contributed by atoms with Crippen molar-refractivity contribution in [3.05, 3.63) is 29.8 Å². The van der Waals surface area contributed by atoms with Crippen LogP contribution in [0.2, 0.25) is 0 Å². The van der Waals surface area contributed by atoms with Crippen LogP contribution in [-0.2, 0) is 4.74 Å². The fourth-order valence-electron chi connectivity index (χ4n) is 2.19. The molecule has 1 heterocycles. The average molecular weight is 245 g/mol. The number of nitrogens with two attached hydrogens (primary N) is 1. The quantitative estimate of drug-likeness (QED) is 0.564. The zero-order valence-corrected chi connectivity index (χ0v) is 10.4. The number of rotatable bonds is 4. The van der Waals surface area contributed by atoms with Gasteiger partial charge in [0.05, 0.1) is 0 Å². The van der Waals surface area contributed by atoms with Crippen LogP contribution < -0.4 is 11.1 Å². The van der Waals surface area contributed by atoms with Crippen molar-refractivity contribution in [2.45, 2.75) is 25.5 Å². The third kappa shape index (κ3) is 2.54. The van der Waals surface area contributed by atoms with E-state index in [0.717, 1.165) is 36.3 Å². The second-order valence-corrected chi connectivity index (χ2v) is 4.38. The van der Waals surface area contributed by atoms with Crippen molar-refractivity contribution in [1.29, 1.82) is 5.41 Å². The van der Waals surface area contributed by atoms with Gasteiger partial charge >= 0.3 is 0 Å². The summed E-state index contributed by atoms with van der Waals surface area (Å²) in [5, 5.41) is 10.9. The second kappa shape index (κ2) is 5.69. The molecule has 0 bridgehead atoms. The van der Waals surface area contributed by atoms with E-state index in [1.165, 1.54) is 12.6 Å². The SMILES string of the molecule is C=Cc1c(N)ccc(NC2CCCCO2)c1C=N. The van der Waals surface area contributed by atoms with Gasteiger partial charge in [-0.1, -0.05) is 12.7 Å². The monoisotopic (exact) mass is 245 g/mol. The Morgan fingerprint density at radius 2 is 2.22 bits per heavy atom. The standard InChI is InChI=1S/C14H19N3O/c1-2-10-11(9-15)13(7-6-12(10)16)17-14-5-3-4-8-18-14/h2,6-7,9,14-15,17H,1,3-5,8,16H2. The summed E-state index contributed by atoms with van der Waals surface area (Å²) in [4.78, 5) is 0. The summed E-state index contributed by atoms with van der Waals surface area (Å²) in [6.45, 7) is 4.54. The maximum Gasteiger partial charge on any atom is 0.127 e. The number of benzene rings is 1. The number of nitrogen functional groups attached to an aromatic ring is 1. The highest BCUT2D eigenvalue weighted by atomic mass is 16.5.